The first-order chi connectivity index (χ1) is 13.9. The summed E-state index contributed by atoms with van der Waals surface area (Å²) in [5, 5.41) is 11.0. The molecule has 0 radical (unpaired) electrons. The van der Waals surface area contributed by atoms with Crippen LogP contribution >= 0.6 is 0 Å². The summed E-state index contributed by atoms with van der Waals surface area (Å²) in [6.45, 7) is 7.22. The average Bonchev–Trinajstić information content (AvgIpc) is 2.96. The highest BCUT2D eigenvalue weighted by Crippen LogP contribution is 2.26. The van der Waals surface area contributed by atoms with Crippen LogP contribution in [0.4, 0.5) is 5.69 Å². The van der Waals surface area contributed by atoms with Crippen LogP contribution in [-0.2, 0) is 24.7 Å². The zero-order chi connectivity index (χ0) is 21.0. The number of nitrogens with one attached hydrogen (secondary N) is 2. The quantitative estimate of drug-likeness (QED) is 0.600. The molecule has 2 N–H and O–H groups in total. The van der Waals surface area contributed by atoms with Crippen LogP contribution in [0.1, 0.15) is 35.9 Å². The van der Waals surface area contributed by atoms with Gasteiger partial charge in [-0.15, -0.1) is 0 Å². The highest BCUT2D eigenvalue weighted by molar-refractivity contribution is 5.98. The third-order valence-electron chi connectivity index (χ3n) is 5.59. The Morgan fingerprint density at radius 1 is 1.31 bits per heavy atom. The molecule has 2 heterocycles. The minimum Gasteiger partial charge on any atom is -0.354 e. The molecule has 1 unspecified atom stereocenters. The van der Waals surface area contributed by atoms with Gasteiger partial charge in [0.05, 0.1) is 12.2 Å². The normalized spacial score (nSPS) is 15.1. The van der Waals surface area contributed by atoms with Crippen molar-refractivity contribution in [3.8, 4) is 0 Å². The zero-order valence-electron chi connectivity index (χ0n) is 18.1. The lowest BCUT2D eigenvalue weighted by atomic mass is 10.0. The fraction of sp³-hybridized carbons (Fsp3) is 0.500. The van der Waals surface area contributed by atoms with E-state index >= 15 is 0 Å². The molecule has 0 fully saturated rings. The van der Waals surface area contributed by atoms with Gasteiger partial charge in [0.1, 0.15) is 0 Å². The highest BCUT2D eigenvalue weighted by Gasteiger charge is 2.22. The minimum absolute atomic E-state index is 0.0618. The number of hydrogen-bond donors (Lipinski definition) is 2. The first-order valence-electron chi connectivity index (χ1n) is 10.2. The number of aromatic nitrogens is 2. The minimum atomic E-state index is 0.0618. The van der Waals surface area contributed by atoms with Crippen LogP contribution in [0, 0.1) is 13.8 Å². The largest absolute Gasteiger partial charge is 0.354 e. The summed E-state index contributed by atoms with van der Waals surface area (Å²) in [6, 6.07) is 8.31. The maximum absolute atomic E-state index is 12.8. The van der Waals surface area contributed by atoms with E-state index in [9.17, 15) is 4.79 Å². The van der Waals surface area contributed by atoms with Gasteiger partial charge in [-0.1, -0.05) is 18.2 Å². The van der Waals surface area contributed by atoms with E-state index in [2.05, 4.69) is 40.6 Å². The van der Waals surface area contributed by atoms with Crippen LogP contribution < -0.4 is 15.5 Å². The number of fused-ring (bicyclic) bond motifs is 1. The smallest absolute Gasteiger partial charge is 0.246 e. The first-order valence-corrected chi connectivity index (χ1v) is 10.2. The number of carbonyl (C=O) groups is 1. The Morgan fingerprint density at radius 2 is 2.07 bits per heavy atom. The molecule has 0 aliphatic carbocycles. The van der Waals surface area contributed by atoms with Crippen LogP contribution in [0.15, 0.2) is 29.3 Å². The molecular weight excluding hydrogens is 364 g/mol. The molecule has 1 aliphatic rings. The number of aliphatic imine (C=N–C) groups is 1. The topological polar surface area (TPSA) is 74.6 Å². The van der Waals surface area contributed by atoms with Crippen LogP contribution in [0.5, 0.6) is 0 Å². The van der Waals surface area contributed by atoms with Gasteiger partial charge >= 0.3 is 0 Å². The summed E-state index contributed by atoms with van der Waals surface area (Å²) in [5.74, 6) is 0.696. The summed E-state index contributed by atoms with van der Waals surface area (Å²) in [6.07, 6.45) is 2.87. The fourth-order valence-corrected chi connectivity index (χ4v) is 3.95. The number of benzene rings is 1. The van der Waals surface area contributed by atoms with Crippen LogP contribution in [0.25, 0.3) is 0 Å². The maximum atomic E-state index is 12.8. The Balaban J connectivity index is 1.56. The second-order valence-electron chi connectivity index (χ2n) is 7.73. The molecule has 1 amide bonds. The molecule has 1 aromatic carbocycles. The van der Waals surface area contributed by atoms with E-state index in [-0.39, 0.29) is 18.5 Å². The average molecular weight is 397 g/mol. The standard InChI is InChI=1S/C22H32N6O/c1-15(13-19-16(2)26-27(5)17(19)3)25-22(23-4)24-14-21(29)28-12-8-10-18-9-6-7-11-20(18)28/h6-7,9,11,15H,8,10,12-14H2,1-5H3,(H2,23,24,25). The monoisotopic (exact) mass is 396 g/mol. The molecule has 0 bridgehead atoms. The molecule has 3 rings (SSSR count). The SMILES string of the molecule is CN=C(NCC(=O)N1CCCc2ccccc21)NC(C)Cc1c(C)nn(C)c1C. The number of carbonyl (C=O) groups excluding carboxylic acids is 1. The van der Waals surface area contributed by atoms with E-state index in [1.807, 2.05) is 41.8 Å². The number of anilines is 1. The summed E-state index contributed by atoms with van der Waals surface area (Å²) >= 11 is 0. The highest BCUT2D eigenvalue weighted by atomic mass is 16.2. The predicted molar refractivity (Wildman–Crippen MR) is 117 cm³/mol. The fourth-order valence-electron chi connectivity index (χ4n) is 3.95. The Kier molecular flexibility index (Phi) is 6.56. The van der Waals surface area contributed by atoms with Gasteiger partial charge in [-0.25, -0.2) is 0 Å². The lowest BCUT2D eigenvalue weighted by molar-refractivity contribution is -0.117. The van der Waals surface area contributed by atoms with Gasteiger partial charge in [0.25, 0.3) is 0 Å². The number of hydrogen-bond acceptors (Lipinski definition) is 3. The summed E-state index contributed by atoms with van der Waals surface area (Å²) in [4.78, 5) is 19.0. The van der Waals surface area contributed by atoms with Crippen molar-refractivity contribution in [1.82, 2.24) is 20.4 Å². The van der Waals surface area contributed by atoms with E-state index in [0.29, 0.717) is 5.96 Å². The third-order valence-corrected chi connectivity index (χ3v) is 5.59. The van der Waals surface area contributed by atoms with E-state index in [1.165, 1.54) is 16.8 Å². The molecular formula is C22H32N6O. The van der Waals surface area contributed by atoms with Crippen molar-refractivity contribution in [2.24, 2.45) is 12.0 Å². The molecule has 0 saturated heterocycles. The number of amides is 1. The van der Waals surface area contributed by atoms with E-state index in [4.69, 9.17) is 0 Å². The lowest BCUT2D eigenvalue weighted by Crippen LogP contribution is -2.48. The Labute approximate surface area is 173 Å². The Hall–Kier alpha value is -2.83. The second-order valence-corrected chi connectivity index (χ2v) is 7.73. The predicted octanol–water partition coefficient (Wildman–Crippen LogP) is 2.11. The van der Waals surface area contributed by atoms with Crippen LogP contribution in [-0.4, -0.2) is 47.8 Å². The van der Waals surface area contributed by atoms with Crippen LogP contribution in [0.2, 0.25) is 0 Å². The third kappa shape index (κ3) is 4.78. The Morgan fingerprint density at radius 3 is 2.76 bits per heavy atom. The first kappa shape index (κ1) is 20.9. The molecule has 1 aromatic heterocycles. The molecule has 2 aromatic rings. The number of nitrogens with zero attached hydrogens (tertiary/aromatic N) is 4. The molecule has 0 spiro atoms. The molecule has 7 heteroatoms. The van der Waals surface area contributed by atoms with E-state index in [0.717, 1.165) is 37.2 Å². The van der Waals surface area contributed by atoms with Gasteiger partial charge < -0.3 is 15.5 Å². The van der Waals surface area contributed by atoms with Crippen molar-refractivity contribution in [1.29, 1.82) is 0 Å². The summed E-state index contributed by atoms with van der Waals surface area (Å²) in [5.41, 5.74) is 5.76. The number of rotatable bonds is 5. The molecule has 0 saturated carbocycles. The lowest BCUT2D eigenvalue weighted by Gasteiger charge is -2.30. The summed E-state index contributed by atoms with van der Waals surface area (Å²) < 4.78 is 1.92. The van der Waals surface area contributed by atoms with Crippen molar-refractivity contribution in [2.45, 2.75) is 46.1 Å². The Bertz CT molecular complexity index is 901. The summed E-state index contributed by atoms with van der Waals surface area (Å²) in [7, 11) is 3.69. The molecule has 1 aliphatic heterocycles. The van der Waals surface area contributed by atoms with Crippen molar-refractivity contribution >= 4 is 17.6 Å². The van der Waals surface area contributed by atoms with Gasteiger partial charge in [-0.2, -0.15) is 5.10 Å². The maximum Gasteiger partial charge on any atom is 0.246 e. The van der Waals surface area contributed by atoms with Crippen molar-refractivity contribution in [3.05, 3.63) is 46.8 Å². The second kappa shape index (κ2) is 9.11. The van der Waals surface area contributed by atoms with Gasteiger partial charge in [0.2, 0.25) is 5.91 Å². The van der Waals surface area contributed by atoms with Gasteiger partial charge in [0, 0.05) is 38.1 Å². The molecule has 7 nitrogen and oxygen atoms in total. The molecule has 156 valence electrons. The van der Waals surface area contributed by atoms with E-state index < -0.39 is 0 Å². The number of aryl methyl sites for hydroxylation is 3. The van der Waals surface area contributed by atoms with Gasteiger partial charge in [-0.3, -0.25) is 14.5 Å². The van der Waals surface area contributed by atoms with Gasteiger partial charge in [0.15, 0.2) is 5.96 Å². The van der Waals surface area contributed by atoms with E-state index in [1.54, 1.807) is 7.05 Å². The van der Waals surface area contributed by atoms with Crippen molar-refractivity contribution in [2.75, 3.05) is 25.0 Å². The molecule has 29 heavy (non-hydrogen) atoms. The number of guanidine groups is 1. The number of para-hydroxylation sites is 1. The van der Waals surface area contributed by atoms with Crippen molar-refractivity contribution in [3.63, 3.8) is 0 Å². The molecule has 1 atom stereocenters. The zero-order valence-corrected chi connectivity index (χ0v) is 18.1. The van der Waals surface area contributed by atoms with Gasteiger partial charge in [-0.05, 0) is 57.2 Å². The van der Waals surface area contributed by atoms with Crippen molar-refractivity contribution < 1.29 is 4.79 Å². The van der Waals surface area contributed by atoms with Crippen LogP contribution in [0.3, 0.4) is 0 Å².